The van der Waals surface area contributed by atoms with E-state index >= 15 is 0 Å². The minimum Gasteiger partial charge on any atom is -0.379 e. The van der Waals surface area contributed by atoms with E-state index in [1.807, 2.05) is 30.3 Å². The summed E-state index contributed by atoms with van der Waals surface area (Å²) in [5, 5.41) is 15.1. The molecule has 1 aliphatic heterocycles. The second-order valence-corrected chi connectivity index (χ2v) is 8.38. The highest BCUT2D eigenvalue weighted by Gasteiger charge is 2.24. The van der Waals surface area contributed by atoms with Gasteiger partial charge >= 0.3 is 0 Å². The molecule has 1 aromatic carbocycles. The maximum atomic E-state index is 12.4. The largest absolute Gasteiger partial charge is 0.379 e. The van der Waals surface area contributed by atoms with Gasteiger partial charge in [0.25, 0.3) is 0 Å². The quantitative estimate of drug-likeness (QED) is 0.596. The fraction of sp³-hybridized carbons (Fsp3) is 0.500. The summed E-state index contributed by atoms with van der Waals surface area (Å²) >= 11 is 0. The van der Waals surface area contributed by atoms with Crippen molar-refractivity contribution in [1.29, 1.82) is 0 Å². The van der Waals surface area contributed by atoms with E-state index in [4.69, 9.17) is 4.74 Å². The van der Waals surface area contributed by atoms with Crippen molar-refractivity contribution in [2.45, 2.75) is 37.8 Å². The number of nitrogens with one attached hydrogen (secondary N) is 2. The topological polar surface area (TPSA) is 110 Å². The lowest BCUT2D eigenvalue weighted by Gasteiger charge is -2.31. The number of para-hydroxylation sites is 1. The maximum absolute atomic E-state index is 12.4. The summed E-state index contributed by atoms with van der Waals surface area (Å²) < 4.78 is 7.07. The second kappa shape index (κ2) is 9.58. The molecular weight excluding hydrogens is 408 g/mol. The van der Waals surface area contributed by atoms with Crippen LogP contribution in [-0.4, -0.2) is 80.7 Å². The van der Waals surface area contributed by atoms with Crippen molar-refractivity contribution in [3.8, 4) is 5.82 Å². The van der Waals surface area contributed by atoms with Gasteiger partial charge in [-0.3, -0.25) is 9.69 Å². The first-order valence-electron chi connectivity index (χ1n) is 11.2. The van der Waals surface area contributed by atoms with Gasteiger partial charge in [-0.15, -0.1) is 5.10 Å². The molecule has 3 aromatic rings. The number of anilines is 1. The number of rotatable bonds is 6. The number of fused-ring (bicyclic) bond motifs is 1. The Morgan fingerprint density at radius 2 is 1.84 bits per heavy atom. The van der Waals surface area contributed by atoms with Crippen molar-refractivity contribution in [1.82, 2.24) is 35.2 Å². The molecule has 1 saturated carbocycles. The van der Waals surface area contributed by atoms with Crippen LogP contribution in [0.1, 0.15) is 25.7 Å². The van der Waals surface area contributed by atoms with Gasteiger partial charge in [-0.2, -0.15) is 9.67 Å². The van der Waals surface area contributed by atoms with Crippen molar-refractivity contribution in [2.75, 3.05) is 38.2 Å². The van der Waals surface area contributed by atoms with Crippen molar-refractivity contribution in [3.05, 3.63) is 36.5 Å². The Balaban J connectivity index is 1.14. The van der Waals surface area contributed by atoms with Gasteiger partial charge in [0.15, 0.2) is 5.82 Å². The van der Waals surface area contributed by atoms with E-state index in [0.717, 1.165) is 49.8 Å². The third-order valence-corrected chi connectivity index (χ3v) is 6.11. The summed E-state index contributed by atoms with van der Waals surface area (Å²) in [6, 6.07) is 10.1. The van der Waals surface area contributed by atoms with Crippen molar-refractivity contribution in [3.63, 3.8) is 0 Å². The first-order chi connectivity index (χ1) is 15.7. The summed E-state index contributed by atoms with van der Waals surface area (Å²) in [6.45, 7) is 3.53. The average Bonchev–Trinajstić information content (AvgIpc) is 3.25. The lowest BCUT2D eigenvalue weighted by Crippen LogP contribution is -2.47. The molecule has 3 heterocycles. The highest BCUT2D eigenvalue weighted by atomic mass is 16.5. The smallest absolute Gasteiger partial charge is 0.234 e. The van der Waals surface area contributed by atoms with Crippen LogP contribution in [0.25, 0.3) is 16.9 Å². The van der Waals surface area contributed by atoms with Crippen LogP contribution in [0.5, 0.6) is 0 Å². The molecule has 0 atom stereocenters. The van der Waals surface area contributed by atoms with Crippen LogP contribution in [0.15, 0.2) is 36.5 Å². The molecule has 0 unspecified atom stereocenters. The van der Waals surface area contributed by atoms with E-state index in [2.05, 4.69) is 35.8 Å². The summed E-state index contributed by atoms with van der Waals surface area (Å²) in [4.78, 5) is 23.5. The zero-order valence-corrected chi connectivity index (χ0v) is 18.0. The summed E-state index contributed by atoms with van der Waals surface area (Å²) in [6.07, 6.45) is 5.54. The van der Waals surface area contributed by atoms with Gasteiger partial charge in [0.1, 0.15) is 5.52 Å². The molecular formula is C22H28N8O2. The highest BCUT2D eigenvalue weighted by Crippen LogP contribution is 2.22. The second-order valence-electron chi connectivity index (χ2n) is 8.38. The minimum atomic E-state index is 0.111. The zero-order valence-electron chi connectivity index (χ0n) is 18.0. The van der Waals surface area contributed by atoms with Gasteiger partial charge in [0, 0.05) is 37.4 Å². The maximum Gasteiger partial charge on any atom is 0.234 e. The van der Waals surface area contributed by atoms with Gasteiger partial charge < -0.3 is 15.4 Å². The Morgan fingerprint density at radius 3 is 2.69 bits per heavy atom. The molecule has 10 nitrogen and oxygen atoms in total. The number of nitrogens with zero attached hydrogens (tertiary/aromatic N) is 6. The van der Waals surface area contributed by atoms with Crippen molar-refractivity contribution < 1.29 is 9.53 Å². The molecule has 2 aliphatic rings. The molecule has 0 bridgehead atoms. The average molecular weight is 437 g/mol. The summed E-state index contributed by atoms with van der Waals surface area (Å²) in [5.74, 6) is 1.38. The van der Waals surface area contributed by atoms with Crippen LogP contribution in [0.2, 0.25) is 0 Å². The van der Waals surface area contributed by atoms with Gasteiger partial charge in [0.05, 0.1) is 25.3 Å². The molecule has 2 aromatic heterocycles. The standard InChI is InChI=1S/C22H28N8O2/c31-21(15-29-11-13-32-14-12-29)24-16-5-7-17(8-6-16)25-22-23-10-9-20(26-22)30-19-4-2-1-3-18(19)27-28-30/h1-4,9-10,16-17H,5-8,11-15H2,(H,24,31)(H,23,25,26)/t16-,17-. The number of carbonyl (C=O) groups excluding carboxylic acids is 1. The number of morpholine rings is 1. The molecule has 1 amide bonds. The number of hydrogen-bond donors (Lipinski definition) is 2. The van der Waals surface area contributed by atoms with Crippen LogP contribution in [0.4, 0.5) is 5.95 Å². The van der Waals surface area contributed by atoms with E-state index in [9.17, 15) is 4.79 Å². The number of carbonyl (C=O) groups is 1. The third-order valence-electron chi connectivity index (χ3n) is 6.11. The van der Waals surface area contributed by atoms with Crippen molar-refractivity contribution in [2.24, 2.45) is 0 Å². The molecule has 0 radical (unpaired) electrons. The van der Waals surface area contributed by atoms with Gasteiger partial charge in [-0.05, 0) is 37.8 Å². The number of amides is 1. The molecule has 2 fully saturated rings. The van der Waals surface area contributed by atoms with Gasteiger partial charge in [0.2, 0.25) is 11.9 Å². The van der Waals surface area contributed by atoms with Crippen LogP contribution >= 0.6 is 0 Å². The third kappa shape index (κ3) is 4.86. The Bertz CT molecular complexity index is 1060. The zero-order chi connectivity index (χ0) is 21.8. The molecule has 32 heavy (non-hydrogen) atoms. The minimum absolute atomic E-state index is 0.111. The number of aromatic nitrogens is 5. The summed E-state index contributed by atoms with van der Waals surface area (Å²) in [5.41, 5.74) is 1.74. The van der Waals surface area contributed by atoms with E-state index in [1.54, 1.807) is 10.9 Å². The van der Waals surface area contributed by atoms with E-state index in [1.165, 1.54) is 0 Å². The molecule has 2 N–H and O–H groups in total. The lowest BCUT2D eigenvalue weighted by molar-refractivity contribution is -0.124. The van der Waals surface area contributed by atoms with E-state index in [0.29, 0.717) is 31.5 Å². The normalized spacial score (nSPS) is 22.0. The SMILES string of the molecule is O=C(CN1CCOCC1)N[C@H]1CC[C@H](Nc2nccc(-n3nnc4ccccc43)n2)CC1. The molecule has 5 rings (SSSR count). The lowest BCUT2D eigenvalue weighted by atomic mass is 9.91. The van der Waals surface area contributed by atoms with Crippen LogP contribution in [0, 0.1) is 0 Å². The number of benzene rings is 1. The van der Waals surface area contributed by atoms with Gasteiger partial charge in [-0.25, -0.2) is 4.98 Å². The highest BCUT2D eigenvalue weighted by molar-refractivity contribution is 5.78. The van der Waals surface area contributed by atoms with E-state index in [-0.39, 0.29) is 18.0 Å². The first-order valence-corrected chi connectivity index (χ1v) is 11.2. The summed E-state index contributed by atoms with van der Waals surface area (Å²) in [7, 11) is 0. The first kappa shape index (κ1) is 20.8. The van der Waals surface area contributed by atoms with Crippen LogP contribution in [-0.2, 0) is 9.53 Å². The Labute approximate surface area is 186 Å². The molecule has 1 aliphatic carbocycles. The van der Waals surface area contributed by atoms with E-state index < -0.39 is 0 Å². The molecule has 0 spiro atoms. The monoisotopic (exact) mass is 436 g/mol. The number of ether oxygens (including phenoxy) is 1. The predicted molar refractivity (Wildman–Crippen MR) is 120 cm³/mol. The number of hydrogen-bond acceptors (Lipinski definition) is 8. The molecule has 10 heteroatoms. The molecule has 1 saturated heterocycles. The predicted octanol–water partition coefficient (Wildman–Crippen LogP) is 1.38. The fourth-order valence-electron chi connectivity index (χ4n) is 4.38. The molecule has 168 valence electrons. The Kier molecular flexibility index (Phi) is 6.22. The van der Waals surface area contributed by atoms with Crippen molar-refractivity contribution >= 4 is 22.9 Å². The van der Waals surface area contributed by atoms with Crippen LogP contribution in [0.3, 0.4) is 0 Å². The Morgan fingerprint density at radius 1 is 1.06 bits per heavy atom. The fourth-order valence-corrected chi connectivity index (χ4v) is 4.38. The van der Waals surface area contributed by atoms with Gasteiger partial charge in [-0.1, -0.05) is 17.3 Å². The Hall–Kier alpha value is -3.11. The van der Waals surface area contributed by atoms with Crippen LogP contribution < -0.4 is 10.6 Å².